The van der Waals surface area contributed by atoms with E-state index in [9.17, 15) is 4.79 Å². The molecule has 1 amide bonds. The number of thiophene rings is 1. The highest BCUT2D eigenvalue weighted by Crippen LogP contribution is 2.22. The standard InChI is InChI=1S/C12H11BrN2O2S/c1-7-3-4-9(17-7)12(16)15-14-8(2)10-5-6-11(13)18-10/h3-6H,1-2H3,(H,15,16)/b14-8+. The molecule has 2 aromatic heterocycles. The van der Waals surface area contributed by atoms with Crippen LogP contribution >= 0.6 is 27.3 Å². The van der Waals surface area contributed by atoms with Crippen LogP contribution in [0.25, 0.3) is 0 Å². The van der Waals surface area contributed by atoms with Gasteiger partial charge in [-0.15, -0.1) is 11.3 Å². The summed E-state index contributed by atoms with van der Waals surface area (Å²) < 4.78 is 6.23. The Labute approximate surface area is 117 Å². The van der Waals surface area contributed by atoms with Gasteiger partial charge in [0.15, 0.2) is 5.76 Å². The monoisotopic (exact) mass is 326 g/mol. The van der Waals surface area contributed by atoms with Gasteiger partial charge < -0.3 is 4.42 Å². The highest BCUT2D eigenvalue weighted by molar-refractivity contribution is 9.11. The van der Waals surface area contributed by atoms with Crippen molar-refractivity contribution in [3.05, 3.63) is 44.4 Å². The molecule has 6 heteroatoms. The second-order valence-corrected chi connectivity index (χ2v) is 6.12. The number of nitrogens with zero attached hydrogens (tertiary/aromatic N) is 1. The molecule has 0 radical (unpaired) electrons. The molecular weight excluding hydrogens is 316 g/mol. The summed E-state index contributed by atoms with van der Waals surface area (Å²) in [6.07, 6.45) is 0. The van der Waals surface area contributed by atoms with Crippen molar-refractivity contribution >= 4 is 38.9 Å². The fourth-order valence-corrected chi connectivity index (χ4v) is 2.64. The minimum Gasteiger partial charge on any atom is -0.456 e. The normalized spacial score (nSPS) is 11.6. The van der Waals surface area contributed by atoms with Gasteiger partial charge in [0.2, 0.25) is 0 Å². The van der Waals surface area contributed by atoms with Crippen molar-refractivity contribution in [1.29, 1.82) is 0 Å². The van der Waals surface area contributed by atoms with Gasteiger partial charge in [-0.25, -0.2) is 5.43 Å². The van der Waals surface area contributed by atoms with Crippen LogP contribution in [0.1, 0.15) is 28.1 Å². The SMILES string of the molecule is C/C(=N\NC(=O)c1ccc(C)o1)c1ccc(Br)s1. The fraction of sp³-hybridized carbons (Fsp3) is 0.167. The van der Waals surface area contributed by atoms with Gasteiger partial charge in [0.25, 0.3) is 0 Å². The molecule has 0 atom stereocenters. The molecule has 0 spiro atoms. The van der Waals surface area contributed by atoms with Gasteiger partial charge in [0.1, 0.15) is 5.76 Å². The van der Waals surface area contributed by atoms with Crippen molar-refractivity contribution < 1.29 is 9.21 Å². The number of hydrogen-bond acceptors (Lipinski definition) is 4. The van der Waals surface area contributed by atoms with E-state index in [0.717, 1.165) is 14.4 Å². The zero-order valence-corrected chi connectivity index (χ0v) is 12.3. The zero-order chi connectivity index (χ0) is 13.1. The molecule has 0 saturated heterocycles. The summed E-state index contributed by atoms with van der Waals surface area (Å²) in [5, 5.41) is 4.04. The fourth-order valence-electron chi connectivity index (χ4n) is 1.31. The molecular formula is C12H11BrN2O2S. The lowest BCUT2D eigenvalue weighted by molar-refractivity contribution is 0.0926. The lowest BCUT2D eigenvalue weighted by atomic mass is 10.3. The number of amides is 1. The van der Waals surface area contributed by atoms with Gasteiger partial charge >= 0.3 is 5.91 Å². The van der Waals surface area contributed by atoms with Crippen LogP contribution in [0, 0.1) is 6.92 Å². The maximum atomic E-state index is 11.7. The minimum absolute atomic E-state index is 0.261. The highest BCUT2D eigenvalue weighted by Gasteiger charge is 2.09. The van der Waals surface area contributed by atoms with Crippen molar-refractivity contribution in [2.75, 3.05) is 0 Å². The largest absolute Gasteiger partial charge is 0.456 e. The Hall–Kier alpha value is -1.40. The molecule has 0 fully saturated rings. The van der Waals surface area contributed by atoms with E-state index in [0.29, 0.717) is 5.76 Å². The number of carbonyl (C=O) groups is 1. The van der Waals surface area contributed by atoms with Crippen LogP contribution in [0.15, 0.2) is 37.6 Å². The molecule has 0 bridgehead atoms. The van der Waals surface area contributed by atoms with E-state index >= 15 is 0 Å². The Balaban J connectivity index is 2.04. The molecule has 0 unspecified atom stereocenters. The van der Waals surface area contributed by atoms with Crippen molar-refractivity contribution in [3.63, 3.8) is 0 Å². The minimum atomic E-state index is -0.349. The Morgan fingerprint density at radius 3 is 2.72 bits per heavy atom. The molecule has 18 heavy (non-hydrogen) atoms. The second kappa shape index (κ2) is 5.49. The first kappa shape index (κ1) is 13.0. The Morgan fingerprint density at radius 2 is 2.17 bits per heavy atom. The summed E-state index contributed by atoms with van der Waals surface area (Å²) in [4.78, 5) is 12.7. The summed E-state index contributed by atoms with van der Waals surface area (Å²) in [6, 6.07) is 7.24. The third kappa shape index (κ3) is 3.08. The molecule has 0 aliphatic rings. The van der Waals surface area contributed by atoms with Crippen LogP contribution in [-0.2, 0) is 0 Å². The number of aryl methyl sites for hydroxylation is 1. The molecule has 2 rings (SSSR count). The van der Waals surface area contributed by atoms with Crippen LogP contribution in [0.3, 0.4) is 0 Å². The number of hydrogen-bond donors (Lipinski definition) is 1. The molecule has 1 N–H and O–H groups in total. The summed E-state index contributed by atoms with van der Waals surface area (Å²) >= 11 is 4.94. The van der Waals surface area contributed by atoms with E-state index in [1.807, 2.05) is 19.1 Å². The van der Waals surface area contributed by atoms with Gasteiger partial charge in [-0.3, -0.25) is 4.79 Å². The van der Waals surface area contributed by atoms with E-state index in [2.05, 4.69) is 26.5 Å². The topological polar surface area (TPSA) is 54.6 Å². The smallest absolute Gasteiger partial charge is 0.307 e. The van der Waals surface area contributed by atoms with E-state index in [-0.39, 0.29) is 11.7 Å². The number of rotatable bonds is 3. The lowest BCUT2D eigenvalue weighted by Gasteiger charge is -1.98. The molecule has 4 nitrogen and oxygen atoms in total. The van der Waals surface area contributed by atoms with E-state index in [1.165, 1.54) is 0 Å². The van der Waals surface area contributed by atoms with E-state index in [4.69, 9.17) is 4.42 Å². The second-order valence-electron chi connectivity index (χ2n) is 3.65. The van der Waals surface area contributed by atoms with Gasteiger partial charge in [-0.05, 0) is 54.0 Å². The van der Waals surface area contributed by atoms with Gasteiger partial charge in [0.05, 0.1) is 14.4 Å². The van der Waals surface area contributed by atoms with Crippen molar-refractivity contribution in [3.8, 4) is 0 Å². The zero-order valence-electron chi connectivity index (χ0n) is 9.86. The number of hydrazone groups is 1. The van der Waals surface area contributed by atoms with Gasteiger partial charge in [-0.1, -0.05) is 0 Å². The molecule has 0 aliphatic carbocycles. The molecule has 2 aromatic rings. The average molecular weight is 327 g/mol. The van der Waals surface area contributed by atoms with Crippen molar-refractivity contribution in [2.24, 2.45) is 5.10 Å². The molecule has 0 saturated carbocycles. The summed E-state index contributed by atoms with van der Waals surface area (Å²) in [6.45, 7) is 3.63. The van der Waals surface area contributed by atoms with E-state index < -0.39 is 0 Å². The van der Waals surface area contributed by atoms with Crippen LogP contribution in [-0.4, -0.2) is 11.6 Å². The summed E-state index contributed by atoms with van der Waals surface area (Å²) in [5.74, 6) is 0.609. The predicted molar refractivity (Wildman–Crippen MR) is 75.1 cm³/mol. The van der Waals surface area contributed by atoms with Crippen molar-refractivity contribution in [2.45, 2.75) is 13.8 Å². The molecule has 2 heterocycles. The van der Waals surface area contributed by atoms with Crippen LogP contribution in [0.2, 0.25) is 0 Å². The molecule has 0 aromatic carbocycles. The number of carbonyl (C=O) groups excluding carboxylic acids is 1. The first-order valence-electron chi connectivity index (χ1n) is 5.23. The van der Waals surface area contributed by atoms with Crippen LogP contribution in [0.4, 0.5) is 0 Å². The van der Waals surface area contributed by atoms with E-state index in [1.54, 1.807) is 30.4 Å². The summed E-state index contributed by atoms with van der Waals surface area (Å²) in [7, 11) is 0. The predicted octanol–water partition coefficient (Wildman–Crippen LogP) is 3.57. The maximum absolute atomic E-state index is 11.7. The number of halogens is 1. The number of furan rings is 1. The number of nitrogens with one attached hydrogen (secondary N) is 1. The Kier molecular flexibility index (Phi) is 3.98. The first-order valence-corrected chi connectivity index (χ1v) is 6.84. The third-order valence-electron chi connectivity index (χ3n) is 2.22. The average Bonchev–Trinajstić information content (AvgIpc) is 2.94. The maximum Gasteiger partial charge on any atom is 0.307 e. The van der Waals surface area contributed by atoms with Crippen LogP contribution < -0.4 is 5.43 Å². The quantitative estimate of drug-likeness (QED) is 0.692. The van der Waals surface area contributed by atoms with Crippen LogP contribution in [0.5, 0.6) is 0 Å². The van der Waals surface area contributed by atoms with Crippen molar-refractivity contribution in [1.82, 2.24) is 5.43 Å². The Morgan fingerprint density at radius 1 is 1.39 bits per heavy atom. The summed E-state index contributed by atoms with van der Waals surface area (Å²) in [5.41, 5.74) is 3.22. The van der Waals surface area contributed by atoms with Gasteiger partial charge in [0, 0.05) is 0 Å². The lowest BCUT2D eigenvalue weighted by Crippen LogP contribution is -2.18. The molecule has 0 aliphatic heterocycles. The Bertz CT molecular complexity index is 601. The van der Waals surface area contributed by atoms with Gasteiger partial charge in [-0.2, -0.15) is 5.10 Å². The highest BCUT2D eigenvalue weighted by atomic mass is 79.9. The first-order chi connectivity index (χ1) is 8.56. The third-order valence-corrected chi connectivity index (χ3v) is 3.95. The molecule has 94 valence electrons.